The molecule has 6 heteroatoms. The van der Waals surface area contributed by atoms with E-state index in [2.05, 4.69) is 40.0 Å². The number of pyridine rings is 1. The molecule has 2 aromatic heterocycles. The second kappa shape index (κ2) is 7.88. The van der Waals surface area contributed by atoms with Gasteiger partial charge in [-0.3, -0.25) is 4.79 Å². The van der Waals surface area contributed by atoms with Gasteiger partial charge in [-0.15, -0.1) is 11.3 Å². The van der Waals surface area contributed by atoms with E-state index in [1.54, 1.807) is 17.5 Å². The van der Waals surface area contributed by atoms with Crippen LogP contribution in [0.2, 0.25) is 0 Å². The first-order chi connectivity index (χ1) is 13.2. The zero-order valence-electron chi connectivity index (χ0n) is 15.3. The molecule has 0 bridgehead atoms. The molecule has 1 saturated heterocycles. The molecule has 4 rings (SSSR count). The van der Waals surface area contributed by atoms with Gasteiger partial charge in [0.1, 0.15) is 10.8 Å². The SMILES string of the molecule is Cc1cccc(-c2nc(CC(=O)N3CCN(c4ccccn4)CC3)cs2)c1. The number of anilines is 1. The van der Waals surface area contributed by atoms with Gasteiger partial charge in [-0.2, -0.15) is 0 Å². The highest BCUT2D eigenvalue weighted by atomic mass is 32.1. The largest absolute Gasteiger partial charge is 0.353 e. The van der Waals surface area contributed by atoms with Crippen LogP contribution in [0.1, 0.15) is 11.3 Å². The maximum atomic E-state index is 12.7. The maximum Gasteiger partial charge on any atom is 0.228 e. The van der Waals surface area contributed by atoms with E-state index < -0.39 is 0 Å². The zero-order valence-corrected chi connectivity index (χ0v) is 16.2. The Morgan fingerprint density at radius 3 is 2.70 bits per heavy atom. The number of hydrogen-bond donors (Lipinski definition) is 0. The van der Waals surface area contributed by atoms with Gasteiger partial charge in [-0.25, -0.2) is 9.97 Å². The van der Waals surface area contributed by atoms with Crippen LogP contribution in [0.3, 0.4) is 0 Å². The molecule has 0 radical (unpaired) electrons. The predicted molar refractivity (Wildman–Crippen MR) is 109 cm³/mol. The highest BCUT2D eigenvalue weighted by Gasteiger charge is 2.22. The summed E-state index contributed by atoms with van der Waals surface area (Å²) in [6, 6.07) is 14.2. The van der Waals surface area contributed by atoms with Crippen molar-refractivity contribution in [3.63, 3.8) is 0 Å². The topological polar surface area (TPSA) is 49.3 Å². The van der Waals surface area contributed by atoms with Crippen LogP contribution >= 0.6 is 11.3 Å². The number of nitrogens with zero attached hydrogens (tertiary/aromatic N) is 4. The van der Waals surface area contributed by atoms with Crippen LogP contribution in [-0.4, -0.2) is 47.0 Å². The molecule has 0 aliphatic carbocycles. The average molecular weight is 379 g/mol. The Bertz CT molecular complexity index is 917. The molecule has 1 amide bonds. The van der Waals surface area contributed by atoms with Crippen LogP contribution in [0.25, 0.3) is 10.6 Å². The lowest BCUT2D eigenvalue weighted by molar-refractivity contribution is -0.130. The van der Waals surface area contributed by atoms with E-state index in [4.69, 9.17) is 0 Å². The molecular formula is C21H22N4OS. The monoisotopic (exact) mass is 378 g/mol. The van der Waals surface area contributed by atoms with Crippen molar-refractivity contribution in [2.24, 2.45) is 0 Å². The lowest BCUT2D eigenvalue weighted by Gasteiger charge is -2.35. The van der Waals surface area contributed by atoms with Gasteiger partial charge in [0, 0.05) is 43.3 Å². The van der Waals surface area contributed by atoms with Gasteiger partial charge >= 0.3 is 0 Å². The lowest BCUT2D eigenvalue weighted by Crippen LogP contribution is -2.49. The minimum absolute atomic E-state index is 0.150. The Balaban J connectivity index is 1.35. The predicted octanol–water partition coefficient (Wildman–Crippen LogP) is 3.40. The summed E-state index contributed by atoms with van der Waals surface area (Å²) in [6.07, 6.45) is 2.17. The van der Waals surface area contributed by atoms with E-state index in [0.29, 0.717) is 6.42 Å². The summed E-state index contributed by atoms with van der Waals surface area (Å²) < 4.78 is 0. The molecule has 27 heavy (non-hydrogen) atoms. The molecule has 1 aromatic carbocycles. The number of thiazole rings is 1. The second-order valence-corrected chi connectivity index (χ2v) is 7.60. The Morgan fingerprint density at radius 1 is 1.11 bits per heavy atom. The van der Waals surface area contributed by atoms with Crippen LogP contribution in [0.4, 0.5) is 5.82 Å². The van der Waals surface area contributed by atoms with Gasteiger partial charge in [-0.1, -0.05) is 29.8 Å². The molecule has 0 saturated carbocycles. The summed E-state index contributed by atoms with van der Waals surface area (Å²) in [7, 11) is 0. The summed E-state index contributed by atoms with van der Waals surface area (Å²) in [6.45, 7) is 5.16. The molecule has 1 aliphatic rings. The maximum absolute atomic E-state index is 12.7. The van der Waals surface area contributed by atoms with Gasteiger partial charge in [0.05, 0.1) is 12.1 Å². The molecule has 0 unspecified atom stereocenters. The third-order valence-electron chi connectivity index (χ3n) is 4.75. The third-order valence-corrected chi connectivity index (χ3v) is 5.69. The molecule has 1 aliphatic heterocycles. The number of carbonyl (C=O) groups excluding carboxylic acids is 1. The standard InChI is InChI=1S/C21H22N4OS/c1-16-5-4-6-17(13-16)21-23-18(15-27-21)14-20(26)25-11-9-24(10-12-25)19-7-2-3-8-22-19/h2-8,13,15H,9-12,14H2,1H3. The van der Waals surface area contributed by atoms with Crippen LogP contribution in [0, 0.1) is 6.92 Å². The van der Waals surface area contributed by atoms with Crippen LogP contribution in [-0.2, 0) is 11.2 Å². The molecule has 1 fully saturated rings. The highest BCUT2D eigenvalue weighted by Crippen LogP contribution is 2.25. The first-order valence-electron chi connectivity index (χ1n) is 9.14. The number of aromatic nitrogens is 2. The van der Waals surface area contributed by atoms with E-state index in [0.717, 1.165) is 48.3 Å². The Morgan fingerprint density at radius 2 is 1.96 bits per heavy atom. The molecule has 5 nitrogen and oxygen atoms in total. The fourth-order valence-corrected chi connectivity index (χ4v) is 4.11. The molecule has 3 heterocycles. The normalized spacial score (nSPS) is 14.4. The number of amides is 1. The first-order valence-corrected chi connectivity index (χ1v) is 10.0. The average Bonchev–Trinajstić information content (AvgIpc) is 3.17. The van der Waals surface area contributed by atoms with Crippen molar-refractivity contribution in [1.82, 2.24) is 14.9 Å². The van der Waals surface area contributed by atoms with E-state index in [1.165, 1.54) is 5.56 Å². The first kappa shape index (κ1) is 17.7. The van der Waals surface area contributed by atoms with Crippen molar-refractivity contribution in [3.8, 4) is 10.6 Å². The minimum atomic E-state index is 0.150. The minimum Gasteiger partial charge on any atom is -0.353 e. The quantitative estimate of drug-likeness (QED) is 0.698. The number of aryl methyl sites for hydroxylation is 1. The second-order valence-electron chi connectivity index (χ2n) is 6.75. The Labute approximate surface area is 163 Å². The number of rotatable bonds is 4. The molecule has 0 atom stereocenters. The summed E-state index contributed by atoms with van der Waals surface area (Å²) in [5.74, 6) is 1.13. The Hall–Kier alpha value is -2.73. The third kappa shape index (κ3) is 4.17. The molecule has 3 aromatic rings. The van der Waals surface area contributed by atoms with E-state index in [9.17, 15) is 4.79 Å². The van der Waals surface area contributed by atoms with E-state index in [1.807, 2.05) is 34.5 Å². The van der Waals surface area contributed by atoms with Crippen LogP contribution in [0.15, 0.2) is 54.0 Å². The fraction of sp³-hybridized carbons (Fsp3) is 0.286. The summed E-state index contributed by atoms with van der Waals surface area (Å²) in [5, 5.41) is 2.97. The lowest BCUT2D eigenvalue weighted by atomic mass is 10.1. The number of carbonyl (C=O) groups is 1. The summed E-state index contributed by atoms with van der Waals surface area (Å²) >= 11 is 1.60. The van der Waals surface area contributed by atoms with Crippen LogP contribution < -0.4 is 4.90 Å². The highest BCUT2D eigenvalue weighted by molar-refractivity contribution is 7.13. The fourth-order valence-electron chi connectivity index (χ4n) is 3.29. The molecule has 138 valence electrons. The molecular weight excluding hydrogens is 356 g/mol. The van der Waals surface area contributed by atoms with Crippen molar-refractivity contribution < 1.29 is 4.79 Å². The van der Waals surface area contributed by atoms with Crippen molar-refractivity contribution in [1.29, 1.82) is 0 Å². The van der Waals surface area contributed by atoms with Gasteiger partial charge in [0.15, 0.2) is 0 Å². The van der Waals surface area contributed by atoms with Crippen molar-refractivity contribution in [2.75, 3.05) is 31.1 Å². The van der Waals surface area contributed by atoms with Crippen molar-refractivity contribution in [3.05, 3.63) is 65.3 Å². The number of hydrogen-bond acceptors (Lipinski definition) is 5. The van der Waals surface area contributed by atoms with Gasteiger partial charge in [-0.05, 0) is 25.1 Å². The number of piperazine rings is 1. The summed E-state index contributed by atoms with van der Waals surface area (Å²) in [4.78, 5) is 25.9. The van der Waals surface area contributed by atoms with Gasteiger partial charge in [0.2, 0.25) is 5.91 Å². The van der Waals surface area contributed by atoms with Gasteiger partial charge in [0.25, 0.3) is 0 Å². The molecule has 0 N–H and O–H groups in total. The Kier molecular flexibility index (Phi) is 5.16. The van der Waals surface area contributed by atoms with E-state index >= 15 is 0 Å². The van der Waals surface area contributed by atoms with Crippen molar-refractivity contribution in [2.45, 2.75) is 13.3 Å². The zero-order chi connectivity index (χ0) is 18.6. The smallest absolute Gasteiger partial charge is 0.228 e. The van der Waals surface area contributed by atoms with Crippen molar-refractivity contribution >= 4 is 23.1 Å². The summed E-state index contributed by atoms with van der Waals surface area (Å²) in [5.41, 5.74) is 3.18. The van der Waals surface area contributed by atoms with Crippen LogP contribution in [0.5, 0.6) is 0 Å². The number of benzene rings is 1. The van der Waals surface area contributed by atoms with E-state index in [-0.39, 0.29) is 5.91 Å². The molecule has 0 spiro atoms. The van der Waals surface area contributed by atoms with Gasteiger partial charge < -0.3 is 9.80 Å².